The molecule has 0 aliphatic carbocycles. The summed E-state index contributed by atoms with van der Waals surface area (Å²) in [6.07, 6.45) is 7.82. The number of rotatable bonds is 3. The van der Waals surface area contributed by atoms with Crippen molar-refractivity contribution < 1.29 is 0 Å². The van der Waals surface area contributed by atoms with Gasteiger partial charge in [-0.3, -0.25) is 4.98 Å². The molecule has 2 aliphatic rings. The standard InChI is InChI=1S/C18H20N4/c1-2-4-14(5-3-1)6-7-17-10-20-11-18(21-17)22-12-15-8-19-9-16(15)13-22/h1-7,10-11,15-16,19H,8-9,12-13H2/t15-,16+. The molecule has 4 rings (SSSR count). The first-order valence-corrected chi connectivity index (χ1v) is 7.89. The molecule has 112 valence electrons. The van der Waals surface area contributed by atoms with E-state index < -0.39 is 0 Å². The Balaban J connectivity index is 1.50. The van der Waals surface area contributed by atoms with Crippen molar-refractivity contribution in [1.82, 2.24) is 15.3 Å². The van der Waals surface area contributed by atoms with Gasteiger partial charge in [0.25, 0.3) is 0 Å². The van der Waals surface area contributed by atoms with Gasteiger partial charge in [-0.05, 0) is 23.5 Å². The minimum absolute atomic E-state index is 0.769. The Bertz CT molecular complexity index is 656. The van der Waals surface area contributed by atoms with Gasteiger partial charge in [0.2, 0.25) is 0 Å². The summed E-state index contributed by atoms with van der Waals surface area (Å²) in [5.74, 6) is 2.54. The number of anilines is 1. The van der Waals surface area contributed by atoms with E-state index in [1.54, 1.807) is 0 Å². The first-order valence-electron chi connectivity index (χ1n) is 7.89. The Hall–Kier alpha value is -2.20. The largest absolute Gasteiger partial charge is 0.355 e. The zero-order valence-corrected chi connectivity index (χ0v) is 12.5. The molecular weight excluding hydrogens is 272 g/mol. The summed E-state index contributed by atoms with van der Waals surface area (Å²) in [6, 6.07) is 10.3. The van der Waals surface area contributed by atoms with E-state index >= 15 is 0 Å². The van der Waals surface area contributed by atoms with E-state index in [1.807, 2.05) is 36.7 Å². The van der Waals surface area contributed by atoms with Crippen LogP contribution >= 0.6 is 0 Å². The molecule has 1 aromatic heterocycles. The third kappa shape index (κ3) is 2.74. The summed E-state index contributed by atoms with van der Waals surface area (Å²) < 4.78 is 0. The summed E-state index contributed by atoms with van der Waals surface area (Å²) >= 11 is 0. The number of nitrogens with zero attached hydrogens (tertiary/aromatic N) is 3. The topological polar surface area (TPSA) is 41.1 Å². The number of hydrogen-bond acceptors (Lipinski definition) is 4. The molecule has 2 aliphatic heterocycles. The molecule has 22 heavy (non-hydrogen) atoms. The van der Waals surface area contributed by atoms with Gasteiger partial charge in [-0.15, -0.1) is 0 Å². The summed E-state index contributed by atoms with van der Waals surface area (Å²) in [4.78, 5) is 11.5. The Morgan fingerprint density at radius 3 is 2.55 bits per heavy atom. The molecule has 1 aromatic carbocycles. The van der Waals surface area contributed by atoms with Crippen LogP contribution in [0.25, 0.3) is 12.2 Å². The van der Waals surface area contributed by atoms with Gasteiger partial charge in [-0.1, -0.05) is 36.4 Å². The molecule has 0 saturated carbocycles. The maximum Gasteiger partial charge on any atom is 0.147 e. The number of benzene rings is 1. The predicted octanol–water partition coefficient (Wildman–Crippen LogP) is 2.30. The fourth-order valence-corrected chi connectivity index (χ4v) is 3.39. The average Bonchev–Trinajstić information content (AvgIpc) is 3.16. The van der Waals surface area contributed by atoms with E-state index in [2.05, 4.69) is 33.4 Å². The summed E-state index contributed by atoms with van der Waals surface area (Å²) in [5.41, 5.74) is 2.09. The molecule has 0 amide bonds. The molecule has 0 radical (unpaired) electrons. The Morgan fingerprint density at radius 2 is 1.77 bits per heavy atom. The van der Waals surface area contributed by atoms with Crippen molar-refractivity contribution in [2.75, 3.05) is 31.1 Å². The second-order valence-corrected chi connectivity index (χ2v) is 6.13. The lowest BCUT2D eigenvalue weighted by molar-refractivity contribution is 0.533. The van der Waals surface area contributed by atoms with E-state index in [0.717, 1.165) is 49.5 Å². The molecule has 4 nitrogen and oxygen atoms in total. The van der Waals surface area contributed by atoms with Gasteiger partial charge >= 0.3 is 0 Å². The molecule has 2 aromatic rings. The molecule has 3 heterocycles. The summed E-state index contributed by atoms with van der Waals surface area (Å²) in [7, 11) is 0. The zero-order valence-electron chi connectivity index (χ0n) is 12.5. The van der Waals surface area contributed by atoms with Crippen molar-refractivity contribution in [2.24, 2.45) is 11.8 Å². The smallest absolute Gasteiger partial charge is 0.147 e. The highest BCUT2D eigenvalue weighted by molar-refractivity contribution is 5.68. The maximum absolute atomic E-state index is 4.75. The van der Waals surface area contributed by atoms with E-state index in [0.29, 0.717) is 0 Å². The van der Waals surface area contributed by atoms with Crippen LogP contribution in [0.5, 0.6) is 0 Å². The van der Waals surface area contributed by atoms with Crippen molar-refractivity contribution in [3.63, 3.8) is 0 Å². The third-order valence-electron chi connectivity index (χ3n) is 4.60. The van der Waals surface area contributed by atoms with Gasteiger partial charge in [0, 0.05) is 26.2 Å². The fraction of sp³-hybridized carbons (Fsp3) is 0.333. The molecule has 4 heteroatoms. The van der Waals surface area contributed by atoms with E-state index in [9.17, 15) is 0 Å². The highest BCUT2D eigenvalue weighted by Crippen LogP contribution is 2.29. The lowest BCUT2D eigenvalue weighted by Crippen LogP contribution is -2.26. The van der Waals surface area contributed by atoms with E-state index in [4.69, 9.17) is 4.98 Å². The van der Waals surface area contributed by atoms with Crippen LogP contribution in [-0.2, 0) is 0 Å². The fourth-order valence-electron chi connectivity index (χ4n) is 3.39. The lowest BCUT2D eigenvalue weighted by atomic mass is 10.0. The van der Waals surface area contributed by atoms with Crippen LogP contribution in [0.2, 0.25) is 0 Å². The Morgan fingerprint density at radius 1 is 1.00 bits per heavy atom. The monoisotopic (exact) mass is 292 g/mol. The molecule has 0 spiro atoms. The minimum atomic E-state index is 0.769. The molecule has 2 saturated heterocycles. The first-order chi connectivity index (χ1) is 10.9. The number of fused-ring (bicyclic) bond motifs is 1. The molecule has 0 unspecified atom stereocenters. The predicted molar refractivity (Wildman–Crippen MR) is 89.5 cm³/mol. The van der Waals surface area contributed by atoms with Crippen molar-refractivity contribution in [1.29, 1.82) is 0 Å². The van der Waals surface area contributed by atoms with Gasteiger partial charge in [0.15, 0.2) is 0 Å². The van der Waals surface area contributed by atoms with Crippen LogP contribution < -0.4 is 10.2 Å². The van der Waals surface area contributed by atoms with Crippen LogP contribution in [-0.4, -0.2) is 36.1 Å². The molecular formula is C18H20N4. The molecule has 2 atom stereocenters. The van der Waals surface area contributed by atoms with Crippen LogP contribution in [0, 0.1) is 11.8 Å². The number of hydrogen-bond donors (Lipinski definition) is 1. The van der Waals surface area contributed by atoms with Crippen LogP contribution in [0.1, 0.15) is 11.3 Å². The molecule has 2 fully saturated rings. The summed E-state index contributed by atoms with van der Waals surface area (Å²) in [5, 5.41) is 3.47. The first kappa shape index (κ1) is 13.5. The summed E-state index contributed by atoms with van der Waals surface area (Å²) in [6.45, 7) is 4.47. The second kappa shape index (κ2) is 5.89. The van der Waals surface area contributed by atoms with Crippen molar-refractivity contribution in [3.8, 4) is 0 Å². The zero-order chi connectivity index (χ0) is 14.8. The van der Waals surface area contributed by atoms with Gasteiger partial charge in [0.1, 0.15) is 5.82 Å². The van der Waals surface area contributed by atoms with Gasteiger partial charge in [-0.2, -0.15) is 0 Å². The van der Waals surface area contributed by atoms with Crippen molar-refractivity contribution >= 4 is 18.0 Å². The minimum Gasteiger partial charge on any atom is -0.355 e. The van der Waals surface area contributed by atoms with Gasteiger partial charge < -0.3 is 10.2 Å². The van der Waals surface area contributed by atoms with Crippen molar-refractivity contribution in [3.05, 3.63) is 54.0 Å². The van der Waals surface area contributed by atoms with E-state index in [1.165, 1.54) is 5.56 Å². The van der Waals surface area contributed by atoms with E-state index in [-0.39, 0.29) is 0 Å². The Labute approximate surface area is 130 Å². The average molecular weight is 292 g/mol. The van der Waals surface area contributed by atoms with Crippen LogP contribution in [0.3, 0.4) is 0 Å². The maximum atomic E-state index is 4.75. The van der Waals surface area contributed by atoms with Gasteiger partial charge in [0.05, 0.1) is 18.1 Å². The second-order valence-electron chi connectivity index (χ2n) is 6.13. The number of nitrogens with one attached hydrogen (secondary N) is 1. The Kier molecular flexibility index (Phi) is 3.60. The quantitative estimate of drug-likeness (QED) is 0.942. The normalized spacial score (nSPS) is 24.1. The highest BCUT2D eigenvalue weighted by atomic mass is 15.2. The third-order valence-corrected chi connectivity index (χ3v) is 4.60. The number of aromatic nitrogens is 2. The molecule has 0 bridgehead atoms. The highest BCUT2D eigenvalue weighted by Gasteiger charge is 2.36. The van der Waals surface area contributed by atoms with Crippen LogP contribution in [0.4, 0.5) is 5.82 Å². The SMILES string of the molecule is C(=Cc1cncc(N2C[C@H]3CNC[C@H]3C2)n1)c1ccccc1. The van der Waals surface area contributed by atoms with Crippen LogP contribution in [0.15, 0.2) is 42.7 Å². The molecule has 1 N–H and O–H groups in total. The van der Waals surface area contributed by atoms with Gasteiger partial charge in [-0.25, -0.2) is 4.98 Å². The van der Waals surface area contributed by atoms with Crippen molar-refractivity contribution in [2.45, 2.75) is 0 Å². The lowest BCUT2D eigenvalue weighted by Gasteiger charge is -2.18.